The molecule has 0 aromatic heterocycles. The molecule has 0 aliphatic rings. The number of aryl methyl sites for hydroxylation is 1. The average Bonchev–Trinajstić information content (AvgIpc) is 2.68. The van der Waals surface area contributed by atoms with Gasteiger partial charge in [0.1, 0.15) is 5.82 Å². The Morgan fingerprint density at radius 2 is 1.61 bits per heavy atom. The number of nitrogens with one attached hydrogen (secondary N) is 2. The van der Waals surface area contributed by atoms with Crippen molar-refractivity contribution >= 4 is 35.0 Å². The number of rotatable bonds is 6. The number of anilines is 2. The number of hydrogen-bond acceptors (Lipinski definition) is 3. The maximum atomic E-state index is 12.9. The van der Waals surface area contributed by atoms with Gasteiger partial charge in [-0.15, -0.1) is 11.8 Å². The minimum atomic E-state index is -0.385. The minimum absolute atomic E-state index is 0.0794. The Hall–Kier alpha value is -3.12. The summed E-state index contributed by atoms with van der Waals surface area (Å²) in [5.74, 6) is -0.485. The highest BCUT2D eigenvalue weighted by Gasteiger charge is 2.07. The SMILES string of the molecule is Cc1cccc(NC(=O)CSc2ccc(NC(=O)c3ccc(F)cc3)cc2)c1. The molecule has 0 unspecified atom stereocenters. The third-order valence-corrected chi connectivity index (χ3v) is 4.90. The van der Waals surface area contributed by atoms with E-state index in [1.54, 1.807) is 12.1 Å². The Labute approximate surface area is 167 Å². The molecule has 0 heterocycles. The highest BCUT2D eigenvalue weighted by Crippen LogP contribution is 2.21. The molecular formula is C22H19FN2O2S. The summed E-state index contributed by atoms with van der Waals surface area (Å²) in [6.07, 6.45) is 0. The summed E-state index contributed by atoms with van der Waals surface area (Å²) in [6, 6.07) is 20.2. The first-order valence-corrected chi connectivity index (χ1v) is 9.64. The molecule has 0 saturated heterocycles. The molecule has 0 saturated carbocycles. The number of hydrogen-bond donors (Lipinski definition) is 2. The lowest BCUT2D eigenvalue weighted by Gasteiger charge is -2.08. The predicted molar refractivity (Wildman–Crippen MR) is 111 cm³/mol. The van der Waals surface area contributed by atoms with Crippen molar-refractivity contribution in [3.05, 3.63) is 89.7 Å². The van der Waals surface area contributed by atoms with Gasteiger partial charge < -0.3 is 10.6 Å². The van der Waals surface area contributed by atoms with E-state index in [0.717, 1.165) is 16.1 Å². The van der Waals surface area contributed by atoms with Crippen molar-refractivity contribution in [1.82, 2.24) is 0 Å². The number of carbonyl (C=O) groups is 2. The first-order chi connectivity index (χ1) is 13.5. The molecule has 3 aromatic rings. The van der Waals surface area contributed by atoms with Gasteiger partial charge in [0.15, 0.2) is 0 Å². The molecule has 6 heteroatoms. The molecule has 4 nitrogen and oxygen atoms in total. The van der Waals surface area contributed by atoms with Crippen molar-refractivity contribution in [3.63, 3.8) is 0 Å². The molecular weight excluding hydrogens is 375 g/mol. The van der Waals surface area contributed by atoms with Gasteiger partial charge in [-0.3, -0.25) is 9.59 Å². The quantitative estimate of drug-likeness (QED) is 0.571. The van der Waals surface area contributed by atoms with E-state index in [9.17, 15) is 14.0 Å². The van der Waals surface area contributed by atoms with E-state index in [2.05, 4.69) is 10.6 Å². The zero-order valence-electron chi connectivity index (χ0n) is 15.2. The summed E-state index contributed by atoms with van der Waals surface area (Å²) >= 11 is 1.41. The fourth-order valence-electron chi connectivity index (χ4n) is 2.51. The highest BCUT2D eigenvalue weighted by atomic mass is 32.2. The van der Waals surface area contributed by atoms with Crippen LogP contribution in [0.25, 0.3) is 0 Å². The van der Waals surface area contributed by atoms with Gasteiger partial charge in [0, 0.05) is 21.8 Å². The van der Waals surface area contributed by atoms with Gasteiger partial charge in [0.2, 0.25) is 5.91 Å². The number of amides is 2. The van der Waals surface area contributed by atoms with Crippen molar-refractivity contribution < 1.29 is 14.0 Å². The van der Waals surface area contributed by atoms with Gasteiger partial charge in [-0.2, -0.15) is 0 Å². The summed E-state index contributed by atoms with van der Waals surface area (Å²) < 4.78 is 12.9. The van der Waals surface area contributed by atoms with Crippen LogP contribution in [0.15, 0.2) is 77.7 Å². The largest absolute Gasteiger partial charge is 0.325 e. The zero-order valence-corrected chi connectivity index (χ0v) is 16.1. The molecule has 2 N–H and O–H groups in total. The summed E-state index contributed by atoms with van der Waals surface area (Å²) in [4.78, 5) is 25.1. The molecule has 28 heavy (non-hydrogen) atoms. The van der Waals surface area contributed by atoms with E-state index in [4.69, 9.17) is 0 Å². The Kier molecular flexibility index (Phi) is 6.45. The molecule has 0 atom stereocenters. The molecule has 0 aliphatic carbocycles. The minimum Gasteiger partial charge on any atom is -0.325 e. The van der Waals surface area contributed by atoms with Crippen LogP contribution in [0.5, 0.6) is 0 Å². The second-order valence-electron chi connectivity index (χ2n) is 6.19. The van der Waals surface area contributed by atoms with Gasteiger partial charge in [0.05, 0.1) is 5.75 Å². The molecule has 0 fully saturated rings. The first-order valence-electron chi connectivity index (χ1n) is 8.66. The van der Waals surface area contributed by atoms with Gasteiger partial charge >= 0.3 is 0 Å². The molecule has 3 rings (SSSR count). The second kappa shape index (κ2) is 9.19. The molecule has 142 valence electrons. The Bertz CT molecular complexity index is 973. The molecule has 0 aliphatic heterocycles. The fraction of sp³-hybridized carbons (Fsp3) is 0.0909. The van der Waals surface area contributed by atoms with E-state index in [0.29, 0.717) is 11.3 Å². The number of benzene rings is 3. The van der Waals surface area contributed by atoms with E-state index in [1.165, 1.54) is 36.0 Å². The van der Waals surface area contributed by atoms with Gasteiger partial charge in [-0.25, -0.2) is 4.39 Å². The van der Waals surface area contributed by atoms with Gasteiger partial charge in [-0.1, -0.05) is 12.1 Å². The van der Waals surface area contributed by atoms with Gasteiger partial charge in [-0.05, 0) is 73.2 Å². The van der Waals surface area contributed by atoms with E-state index in [-0.39, 0.29) is 23.4 Å². The van der Waals surface area contributed by atoms with Crippen molar-refractivity contribution in [2.75, 3.05) is 16.4 Å². The molecule has 2 amide bonds. The Morgan fingerprint density at radius 1 is 0.893 bits per heavy atom. The van der Waals surface area contributed by atoms with E-state index in [1.807, 2.05) is 43.3 Å². The number of halogens is 1. The molecule has 0 spiro atoms. The lowest BCUT2D eigenvalue weighted by atomic mass is 10.2. The van der Waals surface area contributed by atoms with E-state index >= 15 is 0 Å². The number of carbonyl (C=O) groups excluding carboxylic acids is 2. The average molecular weight is 394 g/mol. The second-order valence-corrected chi connectivity index (χ2v) is 7.24. The Morgan fingerprint density at radius 3 is 2.29 bits per heavy atom. The van der Waals surface area contributed by atoms with Gasteiger partial charge in [0.25, 0.3) is 5.91 Å². The Balaban J connectivity index is 1.50. The third kappa shape index (κ3) is 5.69. The zero-order chi connectivity index (χ0) is 19.9. The van der Waals surface area contributed by atoms with Crippen molar-refractivity contribution in [2.24, 2.45) is 0 Å². The standard InChI is InChI=1S/C22H19FN2O2S/c1-15-3-2-4-19(13-15)24-21(26)14-28-20-11-9-18(10-12-20)25-22(27)16-5-7-17(23)8-6-16/h2-13H,14H2,1H3,(H,24,26)(H,25,27). The lowest BCUT2D eigenvalue weighted by molar-refractivity contribution is -0.113. The maximum absolute atomic E-state index is 12.9. The van der Waals surface area contributed by atoms with Crippen molar-refractivity contribution in [3.8, 4) is 0 Å². The normalized spacial score (nSPS) is 10.4. The maximum Gasteiger partial charge on any atom is 0.255 e. The topological polar surface area (TPSA) is 58.2 Å². The van der Waals surface area contributed by atoms with Crippen molar-refractivity contribution in [1.29, 1.82) is 0 Å². The van der Waals surface area contributed by atoms with E-state index < -0.39 is 0 Å². The fourth-order valence-corrected chi connectivity index (χ4v) is 3.21. The van der Waals surface area contributed by atoms with Crippen LogP contribution >= 0.6 is 11.8 Å². The molecule has 3 aromatic carbocycles. The monoisotopic (exact) mass is 394 g/mol. The third-order valence-electron chi connectivity index (χ3n) is 3.89. The van der Waals surface area contributed by atoms with Crippen LogP contribution in [0.2, 0.25) is 0 Å². The highest BCUT2D eigenvalue weighted by molar-refractivity contribution is 8.00. The summed E-state index contributed by atoms with van der Waals surface area (Å²) in [5, 5.41) is 5.63. The van der Waals surface area contributed by atoms with Crippen molar-refractivity contribution in [2.45, 2.75) is 11.8 Å². The van der Waals surface area contributed by atoms with Crippen LogP contribution < -0.4 is 10.6 Å². The first kappa shape index (κ1) is 19.6. The van der Waals surface area contributed by atoms with Crippen LogP contribution in [-0.2, 0) is 4.79 Å². The summed E-state index contributed by atoms with van der Waals surface area (Å²) in [5.41, 5.74) is 2.88. The predicted octanol–water partition coefficient (Wildman–Crippen LogP) is 5.12. The summed E-state index contributed by atoms with van der Waals surface area (Å²) in [7, 11) is 0. The summed E-state index contributed by atoms with van der Waals surface area (Å²) in [6.45, 7) is 1.97. The van der Waals surface area contributed by atoms with Crippen LogP contribution in [0, 0.1) is 12.7 Å². The van der Waals surface area contributed by atoms with Crippen LogP contribution in [0.4, 0.5) is 15.8 Å². The molecule has 0 bridgehead atoms. The van der Waals surface area contributed by atoms with Crippen LogP contribution in [0.3, 0.4) is 0 Å². The van der Waals surface area contributed by atoms with Crippen LogP contribution in [-0.4, -0.2) is 17.6 Å². The molecule has 0 radical (unpaired) electrons. The van der Waals surface area contributed by atoms with Crippen LogP contribution in [0.1, 0.15) is 15.9 Å². The smallest absolute Gasteiger partial charge is 0.255 e. The lowest BCUT2D eigenvalue weighted by Crippen LogP contribution is -2.14. The number of thioether (sulfide) groups is 1.